The molecule has 1 heterocycles. The van der Waals surface area contributed by atoms with Crippen LogP contribution in [-0.4, -0.2) is 4.98 Å². The third kappa shape index (κ3) is 1.97. The highest BCUT2D eigenvalue weighted by molar-refractivity contribution is 5.22. The van der Waals surface area contributed by atoms with Gasteiger partial charge in [0.15, 0.2) is 0 Å². The van der Waals surface area contributed by atoms with E-state index in [2.05, 4.69) is 15.0 Å². The molecule has 0 aliphatic carbocycles. The minimum absolute atomic E-state index is 0.273. The summed E-state index contributed by atoms with van der Waals surface area (Å²) >= 11 is 0. The molecule has 0 spiro atoms. The van der Waals surface area contributed by atoms with Crippen LogP contribution < -0.4 is 0 Å². The summed E-state index contributed by atoms with van der Waals surface area (Å²) in [6.45, 7) is 0.273. The Morgan fingerprint density at radius 3 is 3.00 bits per heavy atom. The summed E-state index contributed by atoms with van der Waals surface area (Å²) in [6.07, 6.45) is 1.52. The van der Waals surface area contributed by atoms with Crippen molar-refractivity contribution < 1.29 is 0 Å². The van der Waals surface area contributed by atoms with Gasteiger partial charge in [-0.15, -0.1) is 0 Å². The predicted molar refractivity (Wildman–Crippen MR) is 41.8 cm³/mol. The Morgan fingerprint density at radius 1 is 1.67 bits per heavy atom. The van der Waals surface area contributed by atoms with Crippen molar-refractivity contribution in [2.75, 3.05) is 0 Å². The fraction of sp³-hybridized carbons (Fsp3) is 0.143. The second kappa shape index (κ2) is 3.96. The van der Waals surface area contributed by atoms with Crippen LogP contribution in [0, 0.1) is 11.3 Å². The molecule has 0 aromatic carbocycles. The molecular formula is C7H5N5. The zero-order valence-corrected chi connectivity index (χ0v) is 6.18. The van der Waals surface area contributed by atoms with E-state index in [-0.39, 0.29) is 6.54 Å². The van der Waals surface area contributed by atoms with Gasteiger partial charge in [0, 0.05) is 11.1 Å². The lowest BCUT2D eigenvalue weighted by Crippen LogP contribution is -1.85. The van der Waals surface area contributed by atoms with Crippen molar-refractivity contribution in [2.45, 2.75) is 6.54 Å². The molecule has 0 fully saturated rings. The van der Waals surface area contributed by atoms with Gasteiger partial charge in [-0.2, -0.15) is 5.26 Å². The Morgan fingerprint density at radius 2 is 2.50 bits per heavy atom. The Bertz CT molecular complexity index is 341. The van der Waals surface area contributed by atoms with E-state index in [0.717, 1.165) is 5.56 Å². The second-order valence-corrected chi connectivity index (χ2v) is 2.05. The van der Waals surface area contributed by atoms with Crippen LogP contribution in [0.15, 0.2) is 23.4 Å². The van der Waals surface area contributed by atoms with Crippen LogP contribution in [0.2, 0.25) is 0 Å². The van der Waals surface area contributed by atoms with Crippen molar-refractivity contribution >= 4 is 0 Å². The Hall–Kier alpha value is -2.05. The van der Waals surface area contributed by atoms with Gasteiger partial charge in [0.05, 0.1) is 6.54 Å². The SMILES string of the molecule is N#Cc1ccc(CN=[N+]=[N-])cn1. The smallest absolute Gasteiger partial charge is 0.140 e. The summed E-state index contributed by atoms with van der Waals surface area (Å²) < 4.78 is 0. The van der Waals surface area contributed by atoms with Crippen molar-refractivity contribution in [1.29, 1.82) is 5.26 Å². The summed E-state index contributed by atoms with van der Waals surface area (Å²) in [5.41, 5.74) is 9.17. The van der Waals surface area contributed by atoms with E-state index in [4.69, 9.17) is 10.8 Å². The summed E-state index contributed by atoms with van der Waals surface area (Å²) in [7, 11) is 0. The molecule has 0 aliphatic rings. The standard InChI is InChI=1S/C7H5N5/c8-3-7-2-1-6(4-10-7)5-11-12-9/h1-2,4H,5H2. The zero-order valence-electron chi connectivity index (χ0n) is 6.18. The molecule has 0 atom stereocenters. The van der Waals surface area contributed by atoms with Gasteiger partial charge in [0.2, 0.25) is 0 Å². The maximum atomic E-state index is 8.41. The summed E-state index contributed by atoms with van der Waals surface area (Å²) in [6, 6.07) is 5.19. The molecule has 58 valence electrons. The molecule has 12 heavy (non-hydrogen) atoms. The van der Waals surface area contributed by atoms with Gasteiger partial charge in [0.25, 0.3) is 0 Å². The van der Waals surface area contributed by atoms with Crippen LogP contribution in [0.1, 0.15) is 11.3 Å². The van der Waals surface area contributed by atoms with Crippen LogP contribution in [0.4, 0.5) is 0 Å². The monoisotopic (exact) mass is 159 g/mol. The molecule has 0 unspecified atom stereocenters. The number of rotatable bonds is 2. The van der Waals surface area contributed by atoms with Crippen molar-refractivity contribution in [1.82, 2.24) is 4.98 Å². The van der Waals surface area contributed by atoms with Crippen LogP contribution in [0.3, 0.4) is 0 Å². The first kappa shape index (κ1) is 8.05. The number of hydrogen-bond acceptors (Lipinski definition) is 3. The fourth-order valence-corrected chi connectivity index (χ4v) is 0.697. The molecule has 0 amide bonds. The van der Waals surface area contributed by atoms with Crippen molar-refractivity contribution in [3.63, 3.8) is 0 Å². The molecule has 1 rings (SSSR count). The Kier molecular flexibility index (Phi) is 2.66. The quantitative estimate of drug-likeness (QED) is 0.374. The summed E-state index contributed by atoms with van der Waals surface area (Å²) in [4.78, 5) is 6.41. The van der Waals surface area contributed by atoms with Gasteiger partial charge in [-0.05, 0) is 17.2 Å². The zero-order chi connectivity index (χ0) is 8.81. The normalized spacial score (nSPS) is 8.25. The van der Waals surface area contributed by atoms with Crippen molar-refractivity contribution in [2.24, 2.45) is 5.11 Å². The van der Waals surface area contributed by atoms with Crippen molar-refractivity contribution in [3.8, 4) is 6.07 Å². The van der Waals surface area contributed by atoms with E-state index in [0.29, 0.717) is 5.69 Å². The lowest BCUT2D eigenvalue weighted by Gasteiger charge is -1.92. The van der Waals surface area contributed by atoms with E-state index < -0.39 is 0 Å². The van der Waals surface area contributed by atoms with E-state index in [9.17, 15) is 0 Å². The van der Waals surface area contributed by atoms with Gasteiger partial charge in [-0.1, -0.05) is 11.2 Å². The first-order chi connectivity index (χ1) is 5.86. The third-order valence-corrected chi connectivity index (χ3v) is 1.26. The highest BCUT2D eigenvalue weighted by Crippen LogP contribution is 2.00. The van der Waals surface area contributed by atoms with Gasteiger partial charge in [-0.25, -0.2) is 4.98 Å². The minimum atomic E-state index is 0.273. The number of hydrogen-bond donors (Lipinski definition) is 0. The largest absolute Gasteiger partial charge is 0.245 e. The first-order valence-corrected chi connectivity index (χ1v) is 3.22. The van der Waals surface area contributed by atoms with Crippen LogP contribution in [0.5, 0.6) is 0 Å². The molecule has 5 heteroatoms. The Balaban J connectivity index is 2.79. The van der Waals surface area contributed by atoms with E-state index in [1.54, 1.807) is 12.1 Å². The topological polar surface area (TPSA) is 85.4 Å². The molecule has 0 radical (unpaired) electrons. The number of pyridine rings is 1. The summed E-state index contributed by atoms with van der Waals surface area (Å²) in [5, 5.41) is 11.8. The van der Waals surface area contributed by atoms with Gasteiger partial charge in [0.1, 0.15) is 11.8 Å². The molecule has 0 saturated heterocycles. The van der Waals surface area contributed by atoms with Gasteiger partial charge < -0.3 is 0 Å². The molecule has 0 N–H and O–H groups in total. The highest BCUT2D eigenvalue weighted by atomic mass is 15.1. The highest BCUT2D eigenvalue weighted by Gasteiger charge is 1.92. The molecule has 1 aromatic rings. The maximum Gasteiger partial charge on any atom is 0.140 e. The Labute approximate surface area is 68.9 Å². The van der Waals surface area contributed by atoms with Crippen molar-refractivity contribution in [3.05, 3.63) is 40.0 Å². The lowest BCUT2D eigenvalue weighted by molar-refractivity contribution is 1.02. The average molecular weight is 159 g/mol. The fourth-order valence-electron chi connectivity index (χ4n) is 0.697. The molecular weight excluding hydrogens is 154 g/mol. The first-order valence-electron chi connectivity index (χ1n) is 3.22. The molecule has 0 aliphatic heterocycles. The number of nitriles is 1. The van der Waals surface area contributed by atoms with Crippen LogP contribution >= 0.6 is 0 Å². The number of nitrogens with zero attached hydrogens (tertiary/aromatic N) is 5. The van der Waals surface area contributed by atoms with Gasteiger partial charge >= 0.3 is 0 Å². The van der Waals surface area contributed by atoms with E-state index >= 15 is 0 Å². The van der Waals surface area contributed by atoms with Gasteiger partial charge in [-0.3, -0.25) is 0 Å². The molecule has 0 bridgehead atoms. The average Bonchev–Trinajstić information content (AvgIpc) is 2.15. The predicted octanol–water partition coefficient (Wildman–Crippen LogP) is 1.76. The second-order valence-electron chi connectivity index (χ2n) is 2.05. The van der Waals surface area contributed by atoms with Crippen LogP contribution in [-0.2, 0) is 6.54 Å². The molecule has 1 aromatic heterocycles. The van der Waals surface area contributed by atoms with E-state index in [1.807, 2.05) is 6.07 Å². The molecule has 0 saturated carbocycles. The summed E-state index contributed by atoms with van der Waals surface area (Å²) in [5.74, 6) is 0. The van der Waals surface area contributed by atoms with E-state index in [1.165, 1.54) is 6.20 Å². The number of azide groups is 1. The third-order valence-electron chi connectivity index (χ3n) is 1.26. The van der Waals surface area contributed by atoms with Crippen LogP contribution in [0.25, 0.3) is 10.4 Å². The number of aromatic nitrogens is 1. The molecule has 5 nitrogen and oxygen atoms in total. The maximum absolute atomic E-state index is 8.41. The minimum Gasteiger partial charge on any atom is -0.245 e. The lowest BCUT2D eigenvalue weighted by atomic mass is 10.2.